The number of hydrogen-bond donors (Lipinski definition) is 0. The Morgan fingerprint density at radius 2 is 2.27 bits per heavy atom. The number of aromatic nitrogens is 3. The van der Waals surface area contributed by atoms with Crippen molar-refractivity contribution in [2.24, 2.45) is 13.0 Å². The summed E-state index contributed by atoms with van der Waals surface area (Å²) in [5, 5.41) is 8.54. The number of rotatable bonds is 6. The van der Waals surface area contributed by atoms with Crippen LogP contribution in [-0.2, 0) is 24.9 Å². The molecular formula is C16H22N4O2. The van der Waals surface area contributed by atoms with Crippen molar-refractivity contribution in [3.63, 3.8) is 0 Å². The summed E-state index contributed by atoms with van der Waals surface area (Å²) < 4.78 is 13.0. The van der Waals surface area contributed by atoms with Crippen molar-refractivity contribution in [2.45, 2.75) is 31.8 Å². The number of nitrogens with zero attached hydrogens (tertiary/aromatic N) is 4. The molecule has 0 N–H and O–H groups in total. The van der Waals surface area contributed by atoms with E-state index in [4.69, 9.17) is 9.15 Å². The molecule has 0 saturated heterocycles. The predicted octanol–water partition coefficient (Wildman–Crippen LogP) is 1.93. The predicted molar refractivity (Wildman–Crippen MR) is 80.1 cm³/mol. The van der Waals surface area contributed by atoms with Gasteiger partial charge in [0, 0.05) is 44.8 Å². The van der Waals surface area contributed by atoms with Crippen molar-refractivity contribution in [1.82, 2.24) is 19.9 Å². The van der Waals surface area contributed by atoms with Gasteiger partial charge in [0.05, 0.1) is 24.8 Å². The van der Waals surface area contributed by atoms with E-state index in [1.54, 1.807) is 6.26 Å². The van der Waals surface area contributed by atoms with E-state index in [2.05, 4.69) is 15.2 Å². The van der Waals surface area contributed by atoms with Crippen LogP contribution in [0.5, 0.6) is 0 Å². The molecule has 1 saturated carbocycles. The van der Waals surface area contributed by atoms with Gasteiger partial charge in [-0.1, -0.05) is 5.21 Å². The fraction of sp³-hybridized carbons (Fsp3) is 0.625. The molecule has 0 aromatic carbocycles. The van der Waals surface area contributed by atoms with Crippen LogP contribution >= 0.6 is 0 Å². The van der Waals surface area contributed by atoms with Gasteiger partial charge in [-0.2, -0.15) is 0 Å². The van der Waals surface area contributed by atoms with Gasteiger partial charge in [-0.25, -0.2) is 0 Å². The standard InChI is InChI=1S/C16H22N4O2/c1-19-16-14(11-22-9-12-2-3-12)7-20(8-15(16)17-18-19)6-13-4-5-21-10-13/h4-5,10,12,14H,2-3,6-9,11H2,1H3/t14-/m1/s1. The van der Waals surface area contributed by atoms with Crippen LogP contribution in [0.15, 0.2) is 23.0 Å². The minimum absolute atomic E-state index is 0.342. The Morgan fingerprint density at radius 1 is 1.36 bits per heavy atom. The van der Waals surface area contributed by atoms with Crippen molar-refractivity contribution in [2.75, 3.05) is 19.8 Å². The molecule has 1 aliphatic carbocycles. The average molecular weight is 302 g/mol. The molecule has 1 atom stereocenters. The fourth-order valence-electron chi connectivity index (χ4n) is 3.25. The molecule has 0 bridgehead atoms. The van der Waals surface area contributed by atoms with Crippen molar-refractivity contribution in [3.8, 4) is 0 Å². The summed E-state index contributed by atoms with van der Waals surface area (Å²) >= 11 is 0. The highest BCUT2D eigenvalue weighted by molar-refractivity contribution is 5.20. The Kier molecular flexibility index (Phi) is 3.72. The summed E-state index contributed by atoms with van der Waals surface area (Å²) in [6.45, 7) is 4.36. The molecule has 0 unspecified atom stereocenters. The zero-order valence-corrected chi connectivity index (χ0v) is 12.9. The third-order valence-electron chi connectivity index (χ3n) is 4.54. The van der Waals surface area contributed by atoms with Gasteiger partial charge in [0.1, 0.15) is 5.69 Å². The van der Waals surface area contributed by atoms with E-state index in [0.717, 1.165) is 44.5 Å². The summed E-state index contributed by atoms with van der Waals surface area (Å²) in [6, 6.07) is 2.02. The van der Waals surface area contributed by atoms with Gasteiger partial charge in [0.25, 0.3) is 0 Å². The maximum atomic E-state index is 5.95. The van der Waals surface area contributed by atoms with Crippen molar-refractivity contribution in [3.05, 3.63) is 35.5 Å². The molecule has 6 heteroatoms. The van der Waals surface area contributed by atoms with E-state index in [9.17, 15) is 0 Å². The molecule has 2 aromatic heterocycles. The lowest BCUT2D eigenvalue weighted by molar-refractivity contribution is 0.0866. The monoisotopic (exact) mass is 302 g/mol. The van der Waals surface area contributed by atoms with Crippen LogP contribution in [0.25, 0.3) is 0 Å². The zero-order chi connectivity index (χ0) is 14.9. The zero-order valence-electron chi connectivity index (χ0n) is 12.9. The maximum absolute atomic E-state index is 5.95. The van der Waals surface area contributed by atoms with Gasteiger partial charge in [-0.3, -0.25) is 9.58 Å². The van der Waals surface area contributed by atoms with Crippen LogP contribution in [0.3, 0.4) is 0 Å². The summed E-state index contributed by atoms with van der Waals surface area (Å²) in [4.78, 5) is 2.40. The third kappa shape index (κ3) is 2.94. The maximum Gasteiger partial charge on any atom is 0.100 e. The van der Waals surface area contributed by atoms with E-state index < -0.39 is 0 Å². The first kappa shape index (κ1) is 14.0. The Balaban J connectivity index is 1.46. The molecule has 2 aromatic rings. The first-order valence-electron chi connectivity index (χ1n) is 7.99. The van der Waals surface area contributed by atoms with Crippen LogP contribution < -0.4 is 0 Å². The molecular weight excluding hydrogens is 280 g/mol. The lowest BCUT2D eigenvalue weighted by Gasteiger charge is -2.31. The van der Waals surface area contributed by atoms with E-state index in [-0.39, 0.29) is 0 Å². The topological polar surface area (TPSA) is 56.3 Å². The van der Waals surface area contributed by atoms with E-state index in [1.165, 1.54) is 24.1 Å². The number of aryl methyl sites for hydroxylation is 1. The van der Waals surface area contributed by atoms with Gasteiger partial charge >= 0.3 is 0 Å². The van der Waals surface area contributed by atoms with Crippen molar-refractivity contribution in [1.29, 1.82) is 0 Å². The Labute approximate surface area is 130 Å². The minimum atomic E-state index is 0.342. The Hall–Kier alpha value is -1.66. The van der Waals surface area contributed by atoms with Crippen molar-refractivity contribution >= 4 is 0 Å². The molecule has 6 nitrogen and oxygen atoms in total. The molecule has 118 valence electrons. The van der Waals surface area contributed by atoms with Gasteiger partial charge in [0.2, 0.25) is 0 Å². The highest BCUT2D eigenvalue weighted by Gasteiger charge is 2.31. The summed E-state index contributed by atoms with van der Waals surface area (Å²) in [7, 11) is 1.98. The highest BCUT2D eigenvalue weighted by atomic mass is 16.5. The van der Waals surface area contributed by atoms with Crippen LogP contribution in [0.2, 0.25) is 0 Å². The van der Waals surface area contributed by atoms with Gasteiger partial charge in [0.15, 0.2) is 0 Å². The summed E-state index contributed by atoms with van der Waals surface area (Å²) in [6.07, 6.45) is 6.19. The Bertz CT molecular complexity index is 618. The molecule has 0 amide bonds. The summed E-state index contributed by atoms with van der Waals surface area (Å²) in [5.41, 5.74) is 3.52. The van der Waals surface area contributed by atoms with Crippen LogP contribution in [-0.4, -0.2) is 39.7 Å². The number of ether oxygens (including phenoxy) is 1. The molecule has 2 aliphatic rings. The summed E-state index contributed by atoms with van der Waals surface area (Å²) in [5.74, 6) is 1.14. The third-order valence-corrected chi connectivity index (χ3v) is 4.54. The van der Waals surface area contributed by atoms with Crippen LogP contribution in [0.1, 0.15) is 35.7 Å². The first-order valence-corrected chi connectivity index (χ1v) is 7.99. The largest absolute Gasteiger partial charge is 0.472 e. The van der Waals surface area contributed by atoms with Gasteiger partial charge < -0.3 is 9.15 Å². The lowest BCUT2D eigenvalue weighted by Crippen LogP contribution is -2.36. The quantitative estimate of drug-likeness (QED) is 0.816. The number of hydrogen-bond acceptors (Lipinski definition) is 5. The average Bonchev–Trinajstić information content (AvgIpc) is 3.04. The smallest absolute Gasteiger partial charge is 0.100 e. The molecule has 0 radical (unpaired) electrons. The van der Waals surface area contributed by atoms with E-state index in [0.29, 0.717) is 5.92 Å². The molecule has 22 heavy (non-hydrogen) atoms. The van der Waals surface area contributed by atoms with E-state index >= 15 is 0 Å². The molecule has 1 fully saturated rings. The van der Waals surface area contributed by atoms with Crippen molar-refractivity contribution < 1.29 is 9.15 Å². The number of furan rings is 1. The second-order valence-electron chi connectivity index (χ2n) is 6.52. The molecule has 0 spiro atoms. The van der Waals surface area contributed by atoms with Crippen LogP contribution in [0, 0.1) is 5.92 Å². The Morgan fingerprint density at radius 3 is 3.05 bits per heavy atom. The molecule has 4 rings (SSSR count). The normalized spacial score (nSPS) is 22.0. The van der Waals surface area contributed by atoms with Gasteiger partial charge in [-0.05, 0) is 24.8 Å². The van der Waals surface area contributed by atoms with Gasteiger partial charge in [-0.15, -0.1) is 5.10 Å². The van der Waals surface area contributed by atoms with Crippen LogP contribution in [0.4, 0.5) is 0 Å². The second kappa shape index (κ2) is 5.85. The lowest BCUT2D eigenvalue weighted by atomic mass is 9.98. The minimum Gasteiger partial charge on any atom is -0.472 e. The highest BCUT2D eigenvalue weighted by Crippen LogP contribution is 2.31. The van der Waals surface area contributed by atoms with E-state index in [1.807, 2.05) is 24.1 Å². The second-order valence-corrected chi connectivity index (χ2v) is 6.52. The molecule has 3 heterocycles. The SMILES string of the molecule is Cn1nnc2c1[C@@H](COCC1CC1)CN(Cc1ccoc1)C2. The number of fused-ring (bicyclic) bond motifs is 1. The molecule has 1 aliphatic heterocycles. The fourth-order valence-corrected chi connectivity index (χ4v) is 3.25. The first-order chi connectivity index (χ1) is 10.8.